The fourth-order valence-corrected chi connectivity index (χ4v) is 2.73. The molecule has 13 heavy (non-hydrogen) atoms. The molecule has 0 saturated heterocycles. The highest BCUT2D eigenvalue weighted by Gasteiger charge is 2.18. The lowest BCUT2D eigenvalue weighted by Gasteiger charge is -2.18. The number of sulfonamides is 1. The molecule has 0 aliphatic rings. The van der Waals surface area contributed by atoms with Gasteiger partial charge < -0.3 is 5.11 Å². The second-order valence-electron chi connectivity index (χ2n) is 2.88. The first-order chi connectivity index (χ1) is 6.08. The van der Waals surface area contributed by atoms with Crippen molar-refractivity contribution in [1.82, 2.24) is 4.31 Å². The third-order valence-corrected chi connectivity index (χ3v) is 3.88. The Hall–Kier alpha value is -0.130. The van der Waals surface area contributed by atoms with Crippen LogP contribution in [0.4, 0.5) is 0 Å². The van der Waals surface area contributed by atoms with E-state index in [4.69, 9.17) is 5.11 Å². The molecule has 0 unspecified atom stereocenters. The summed E-state index contributed by atoms with van der Waals surface area (Å²) in [5.41, 5.74) is 0. The monoisotopic (exact) mass is 209 g/mol. The summed E-state index contributed by atoms with van der Waals surface area (Å²) in [6, 6.07) is 0. The summed E-state index contributed by atoms with van der Waals surface area (Å²) in [6.07, 6.45) is 1.56. The van der Waals surface area contributed by atoms with E-state index in [1.54, 1.807) is 6.92 Å². The van der Waals surface area contributed by atoms with Crippen LogP contribution < -0.4 is 0 Å². The molecule has 0 amide bonds. The zero-order valence-electron chi connectivity index (χ0n) is 8.36. The van der Waals surface area contributed by atoms with Crippen molar-refractivity contribution >= 4 is 10.0 Å². The third kappa shape index (κ3) is 4.59. The van der Waals surface area contributed by atoms with E-state index in [1.165, 1.54) is 4.31 Å². The van der Waals surface area contributed by atoms with E-state index < -0.39 is 10.0 Å². The van der Waals surface area contributed by atoms with E-state index in [0.717, 1.165) is 6.42 Å². The molecule has 0 spiro atoms. The Morgan fingerprint density at radius 1 is 1.31 bits per heavy atom. The molecule has 0 rings (SSSR count). The van der Waals surface area contributed by atoms with Gasteiger partial charge in [-0.05, 0) is 6.42 Å². The molecule has 0 radical (unpaired) electrons. The van der Waals surface area contributed by atoms with Gasteiger partial charge >= 0.3 is 0 Å². The molecule has 80 valence electrons. The highest BCUT2D eigenvalue weighted by molar-refractivity contribution is 7.89. The predicted octanol–water partition coefficient (Wildman–Crippen LogP) is 0.430. The largest absolute Gasteiger partial charge is 0.395 e. The number of aliphatic hydroxyl groups excluding tert-OH is 1. The molecule has 0 saturated carbocycles. The van der Waals surface area contributed by atoms with Crippen molar-refractivity contribution in [2.75, 3.05) is 25.4 Å². The van der Waals surface area contributed by atoms with E-state index in [-0.39, 0.29) is 18.9 Å². The molecule has 0 aromatic heterocycles. The van der Waals surface area contributed by atoms with E-state index in [1.807, 2.05) is 6.92 Å². The van der Waals surface area contributed by atoms with Crippen LogP contribution in [0.1, 0.15) is 26.7 Å². The van der Waals surface area contributed by atoms with Crippen LogP contribution in [-0.2, 0) is 10.0 Å². The number of rotatable bonds is 7. The van der Waals surface area contributed by atoms with Gasteiger partial charge in [-0.3, -0.25) is 0 Å². The van der Waals surface area contributed by atoms with Crippen LogP contribution in [0.15, 0.2) is 0 Å². The standard InChI is InChI=1S/C8H19NO3S/c1-3-5-8-13(11,12)9(4-2)6-7-10/h10H,3-8H2,1-2H3. The van der Waals surface area contributed by atoms with Gasteiger partial charge in [0.15, 0.2) is 0 Å². The Morgan fingerprint density at radius 3 is 2.31 bits per heavy atom. The first-order valence-corrected chi connectivity index (χ1v) is 6.28. The van der Waals surface area contributed by atoms with Gasteiger partial charge in [-0.15, -0.1) is 0 Å². The minimum atomic E-state index is -3.12. The van der Waals surface area contributed by atoms with Crippen molar-refractivity contribution in [2.45, 2.75) is 26.7 Å². The van der Waals surface area contributed by atoms with Crippen LogP contribution in [-0.4, -0.2) is 43.3 Å². The molecule has 0 heterocycles. The van der Waals surface area contributed by atoms with Gasteiger partial charge in [0, 0.05) is 13.1 Å². The van der Waals surface area contributed by atoms with Crippen molar-refractivity contribution in [3.05, 3.63) is 0 Å². The van der Waals surface area contributed by atoms with Gasteiger partial charge in [0.25, 0.3) is 0 Å². The Morgan fingerprint density at radius 2 is 1.92 bits per heavy atom. The summed E-state index contributed by atoms with van der Waals surface area (Å²) in [5, 5.41) is 8.65. The molecule has 0 aromatic rings. The molecular weight excluding hydrogens is 190 g/mol. The summed E-state index contributed by atoms with van der Waals surface area (Å²) < 4.78 is 24.4. The topological polar surface area (TPSA) is 57.6 Å². The lowest BCUT2D eigenvalue weighted by Crippen LogP contribution is -2.35. The molecule has 0 atom stereocenters. The summed E-state index contributed by atoms with van der Waals surface area (Å²) in [4.78, 5) is 0. The quantitative estimate of drug-likeness (QED) is 0.661. The van der Waals surface area contributed by atoms with Gasteiger partial charge in [0.05, 0.1) is 12.4 Å². The Labute approximate surface area is 80.6 Å². The molecule has 0 fully saturated rings. The summed E-state index contributed by atoms with van der Waals surface area (Å²) in [5.74, 6) is 0.192. The second-order valence-corrected chi connectivity index (χ2v) is 4.97. The highest BCUT2D eigenvalue weighted by atomic mass is 32.2. The fourth-order valence-electron chi connectivity index (χ4n) is 1.06. The van der Waals surface area contributed by atoms with Crippen molar-refractivity contribution < 1.29 is 13.5 Å². The van der Waals surface area contributed by atoms with E-state index in [0.29, 0.717) is 13.0 Å². The van der Waals surface area contributed by atoms with Crippen molar-refractivity contribution in [2.24, 2.45) is 0 Å². The molecule has 4 nitrogen and oxygen atoms in total. The number of nitrogens with zero attached hydrogens (tertiary/aromatic N) is 1. The van der Waals surface area contributed by atoms with Crippen molar-refractivity contribution in [1.29, 1.82) is 0 Å². The predicted molar refractivity (Wildman–Crippen MR) is 53.0 cm³/mol. The lowest BCUT2D eigenvalue weighted by molar-refractivity contribution is 0.257. The maximum absolute atomic E-state index is 11.5. The highest BCUT2D eigenvalue weighted by Crippen LogP contribution is 2.03. The van der Waals surface area contributed by atoms with Gasteiger partial charge in [-0.1, -0.05) is 20.3 Å². The number of likely N-dealkylation sites (N-methyl/N-ethyl adjacent to an activating group) is 1. The average molecular weight is 209 g/mol. The van der Waals surface area contributed by atoms with Crippen LogP contribution in [0.3, 0.4) is 0 Å². The number of hydrogen-bond donors (Lipinski definition) is 1. The number of unbranched alkanes of at least 4 members (excludes halogenated alkanes) is 1. The van der Waals surface area contributed by atoms with Gasteiger partial charge in [-0.2, -0.15) is 4.31 Å². The van der Waals surface area contributed by atoms with Crippen LogP contribution in [0.2, 0.25) is 0 Å². The van der Waals surface area contributed by atoms with Crippen LogP contribution >= 0.6 is 0 Å². The summed E-state index contributed by atoms with van der Waals surface area (Å²) in [6.45, 7) is 4.27. The van der Waals surface area contributed by atoms with Crippen molar-refractivity contribution in [3.8, 4) is 0 Å². The van der Waals surface area contributed by atoms with E-state index in [2.05, 4.69) is 0 Å². The Balaban J connectivity index is 4.21. The molecular formula is C8H19NO3S. The molecule has 5 heteroatoms. The van der Waals surface area contributed by atoms with Crippen LogP contribution in [0.5, 0.6) is 0 Å². The normalized spacial score (nSPS) is 12.3. The minimum Gasteiger partial charge on any atom is -0.395 e. The summed E-state index contributed by atoms with van der Waals surface area (Å²) >= 11 is 0. The van der Waals surface area contributed by atoms with Gasteiger partial charge in [-0.25, -0.2) is 8.42 Å². The molecule has 1 N–H and O–H groups in total. The number of aliphatic hydroxyl groups is 1. The zero-order chi connectivity index (χ0) is 10.3. The fraction of sp³-hybridized carbons (Fsp3) is 1.00. The maximum Gasteiger partial charge on any atom is 0.214 e. The number of hydrogen-bond acceptors (Lipinski definition) is 3. The lowest BCUT2D eigenvalue weighted by atomic mass is 10.4. The smallest absolute Gasteiger partial charge is 0.214 e. The molecule has 0 aliphatic heterocycles. The van der Waals surface area contributed by atoms with Crippen LogP contribution in [0.25, 0.3) is 0 Å². The van der Waals surface area contributed by atoms with Crippen molar-refractivity contribution in [3.63, 3.8) is 0 Å². The van der Waals surface area contributed by atoms with Gasteiger partial charge in [0.2, 0.25) is 10.0 Å². The average Bonchev–Trinajstić information content (AvgIpc) is 2.10. The Bertz CT molecular complexity index is 213. The van der Waals surface area contributed by atoms with E-state index in [9.17, 15) is 8.42 Å². The maximum atomic E-state index is 11.5. The molecule has 0 aromatic carbocycles. The van der Waals surface area contributed by atoms with E-state index >= 15 is 0 Å². The van der Waals surface area contributed by atoms with Crippen LogP contribution in [0, 0.1) is 0 Å². The first-order valence-electron chi connectivity index (χ1n) is 4.67. The summed E-state index contributed by atoms with van der Waals surface area (Å²) in [7, 11) is -3.12. The minimum absolute atomic E-state index is 0.112. The van der Waals surface area contributed by atoms with Gasteiger partial charge in [0.1, 0.15) is 0 Å². The third-order valence-electron chi connectivity index (χ3n) is 1.85. The second kappa shape index (κ2) is 6.34. The molecule has 0 aliphatic carbocycles. The zero-order valence-corrected chi connectivity index (χ0v) is 9.18. The Kier molecular flexibility index (Phi) is 6.28. The molecule has 0 bridgehead atoms. The SMILES string of the molecule is CCCCS(=O)(=O)N(CC)CCO. The first kappa shape index (κ1) is 12.9.